The summed E-state index contributed by atoms with van der Waals surface area (Å²) in [6.45, 7) is 1.43. The lowest BCUT2D eigenvalue weighted by Crippen LogP contribution is -2.14. The number of hydrogen-bond acceptors (Lipinski definition) is 11. The predicted octanol–water partition coefficient (Wildman–Crippen LogP) is 2.81. The average Bonchev–Trinajstić information content (AvgIpc) is 3.28. The Hall–Kier alpha value is -2.09. The van der Waals surface area contributed by atoms with Crippen LogP contribution in [0.1, 0.15) is 12.6 Å². The quantitative estimate of drug-likeness (QED) is 0.286. The summed E-state index contributed by atoms with van der Waals surface area (Å²) in [6.07, 6.45) is 1.85. The lowest BCUT2D eigenvalue weighted by Gasteiger charge is -2.00. The number of nitrogens with zero attached hydrogens (tertiary/aromatic N) is 5. The van der Waals surface area contributed by atoms with Gasteiger partial charge in [-0.2, -0.15) is 0 Å². The highest BCUT2D eigenvalue weighted by atomic mass is 32.2. The van der Waals surface area contributed by atoms with Crippen molar-refractivity contribution in [2.45, 2.75) is 22.0 Å². The van der Waals surface area contributed by atoms with Crippen LogP contribution < -0.4 is 10.6 Å². The van der Waals surface area contributed by atoms with Crippen LogP contribution in [0.3, 0.4) is 0 Å². The smallest absolute Gasteiger partial charge is 0.232 e. The van der Waals surface area contributed by atoms with E-state index in [4.69, 9.17) is 0 Å². The van der Waals surface area contributed by atoms with Crippen LogP contribution in [-0.2, 0) is 16.0 Å². The first kappa shape index (κ1) is 20.6. The van der Waals surface area contributed by atoms with Crippen molar-refractivity contribution >= 4 is 68.3 Å². The fraction of sp³-hybridized carbons (Fsp3) is 0.267. The zero-order valence-electron chi connectivity index (χ0n) is 14.6. The minimum Gasteiger partial charge on any atom is -0.301 e. The van der Waals surface area contributed by atoms with Crippen molar-refractivity contribution in [1.29, 1.82) is 0 Å². The van der Waals surface area contributed by atoms with Gasteiger partial charge in [-0.3, -0.25) is 14.6 Å². The van der Waals surface area contributed by atoms with Crippen molar-refractivity contribution in [3.05, 3.63) is 30.1 Å². The number of thioether (sulfide) groups is 2. The molecule has 0 saturated heterocycles. The zero-order chi connectivity index (χ0) is 19.8. The molecule has 0 saturated carbocycles. The highest BCUT2D eigenvalue weighted by Crippen LogP contribution is 2.29. The van der Waals surface area contributed by atoms with E-state index in [0.29, 0.717) is 16.0 Å². The molecule has 3 rings (SSSR count). The Kier molecular flexibility index (Phi) is 7.71. The Labute approximate surface area is 177 Å². The molecule has 0 aliphatic rings. The molecule has 0 unspecified atom stereocenters. The van der Waals surface area contributed by atoms with Crippen LogP contribution in [-0.4, -0.2) is 48.7 Å². The van der Waals surface area contributed by atoms with E-state index in [-0.39, 0.29) is 18.2 Å². The maximum atomic E-state index is 12.0. The number of carbonyl (C=O) groups excluding carboxylic acids is 2. The SMILES string of the molecule is CC(=O)Nc1nnc(SCCSc2nnc(NC(=O)Cc3ccccn3)s2)s1. The highest BCUT2D eigenvalue weighted by Gasteiger charge is 2.10. The van der Waals surface area contributed by atoms with Gasteiger partial charge < -0.3 is 10.6 Å². The summed E-state index contributed by atoms with van der Waals surface area (Å²) in [5.74, 6) is 1.27. The minimum absolute atomic E-state index is 0.164. The molecule has 3 heterocycles. The third-order valence-electron chi connectivity index (χ3n) is 2.94. The van der Waals surface area contributed by atoms with Crippen molar-refractivity contribution in [2.75, 3.05) is 22.1 Å². The van der Waals surface area contributed by atoms with Gasteiger partial charge in [0.1, 0.15) is 0 Å². The summed E-state index contributed by atoms with van der Waals surface area (Å²) in [7, 11) is 0. The van der Waals surface area contributed by atoms with Gasteiger partial charge in [-0.25, -0.2) is 0 Å². The first-order valence-corrected chi connectivity index (χ1v) is 11.6. The van der Waals surface area contributed by atoms with Crippen LogP contribution in [0.2, 0.25) is 0 Å². The summed E-state index contributed by atoms with van der Waals surface area (Å²) in [4.78, 5) is 27.1. The molecular formula is C15H15N7O2S4. The molecule has 9 nitrogen and oxygen atoms in total. The molecule has 3 aromatic rings. The summed E-state index contributed by atoms with van der Waals surface area (Å²) in [5.41, 5.74) is 0.703. The van der Waals surface area contributed by atoms with Gasteiger partial charge in [-0.15, -0.1) is 20.4 Å². The van der Waals surface area contributed by atoms with Crippen molar-refractivity contribution in [1.82, 2.24) is 25.4 Å². The van der Waals surface area contributed by atoms with Crippen LogP contribution in [0.4, 0.5) is 10.3 Å². The first-order chi connectivity index (χ1) is 13.6. The van der Waals surface area contributed by atoms with E-state index in [1.165, 1.54) is 29.6 Å². The van der Waals surface area contributed by atoms with Crippen LogP contribution in [0.15, 0.2) is 33.1 Å². The van der Waals surface area contributed by atoms with E-state index in [2.05, 4.69) is 36.0 Å². The van der Waals surface area contributed by atoms with Gasteiger partial charge in [0.15, 0.2) is 8.68 Å². The van der Waals surface area contributed by atoms with Crippen molar-refractivity contribution in [3.8, 4) is 0 Å². The Morgan fingerprint density at radius 2 is 1.61 bits per heavy atom. The predicted molar refractivity (Wildman–Crippen MR) is 112 cm³/mol. The van der Waals surface area contributed by atoms with E-state index in [0.717, 1.165) is 20.2 Å². The number of anilines is 2. The molecule has 0 fully saturated rings. The number of pyridine rings is 1. The molecule has 3 aromatic heterocycles. The molecule has 2 N–H and O–H groups in total. The lowest BCUT2D eigenvalue weighted by molar-refractivity contribution is -0.116. The average molecular weight is 454 g/mol. The summed E-state index contributed by atoms with van der Waals surface area (Å²) < 4.78 is 1.58. The molecule has 0 radical (unpaired) electrons. The van der Waals surface area contributed by atoms with Gasteiger partial charge in [0.05, 0.1) is 6.42 Å². The van der Waals surface area contributed by atoms with E-state index < -0.39 is 0 Å². The molecule has 146 valence electrons. The fourth-order valence-electron chi connectivity index (χ4n) is 1.88. The molecular weight excluding hydrogens is 438 g/mol. The van der Waals surface area contributed by atoms with Gasteiger partial charge in [0.25, 0.3) is 0 Å². The monoisotopic (exact) mass is 453 g/mol. The molecule has 0 atom stereocenters. The Morgan fingerprint density at radius 3 is 2.18 bits per heavy atom. The molecule has 0 bridgehead atoms. The topological polar surface area (TPSA) is 123 Å². The minimum atomic E-state index is -0.173. The molecule has 0 aliphatic carbocycles. The highest BCUT2D eigenvalue weighted by molar-refractivity contribution is 8.04. The normalized spacial score (nSPS) is 10.6. The van der Waals surface area contributed by atoms with Crippen LogP contribution in [0.5, 0.6) is 0 Å². The number of amides is 2. The van der Waals surface area contributed by atoms with Crippen molar-refractivity contribution < 1.29 is 9.59 Å². The number of nitrogens with one attached hydrogen (secondary N) is 2. The van der Waals surface area contributed by atoms with Gasteiger partial charge in [0.2, 0.25) is 22.1 Å². The summed E-state index contributed by atoms with van der Waals surface area (Å²) in [5, 5.41) is 22.3. The zero-order valence-corrected chi connectivity index (χ0v) is 17.9. The molecule has 0 aliphatic heterocycles. The maximum absolute atomic E-state index is 12.0. The largest absolute Gasteiger partial charge is 0.301 e. The van der Waals surface area contributed by atoms with Crippen LogP contribution >= 0.6 is 46.2 Å². The number of aromatic nitrogens is 5. The van der Waals surface area contributed by atoms with Crippen LogP contribution in [0, 0.1) is 0 Å². The summed E-state index contributed by atoms with van der Waals surface area (Å²) >= 11 is 5.79. The van der Waals surface area contributed by atoms with E-state index in [1.54, 1.807) is 41.9 Å². The fourth-order valence-corrected chi connectivity index (χ4v) is 5.55. The van der Waals surface area contributed by atoms with Gasteiger partial charge in [0, 0.05) is 30.3 Å². The van der Waals surface area contributed by atoms with Crippen molar-refractivity contribution in [2.24, 2.45) is 0 Å². The second kappa shape index (κ2) is 10.5. The maximum Gasteiger partial charge on any atom is 0.232 e. The van der Waals surface area contributed by atoms with Gasteiger partial charge >= 0.3 is 0 Å². The van der Waals surface area contributed by atoms with E-state index in [9.17, 15) is 9.59 Å². The third-order valence-corrected chi connectivity index (χ3v) is 7.15. The Balaban J connectivity index is 1.38. The number of rotatable bonds is 9. The molecule has 28 heavy (non-hydrogen) atoms. The third kappa shape index (κ3) is 6.82. The van der Waals surface area contributed by atoms with Gasteiger partial charge in [-0.1, -0.05) is 52.3 Å². The van der Waals surface area contributed by atoms with E-state index in [1.807, 2.05) is 6.07 Å². The number of hydrogen-bond donors (Lipinski definition) is 2. The van der Waals surface area contributed by atoms with E-state index >= 15 is 0 Å². The lowest BCUT2D eigenvalue weighted by atomic mass is 10.2. The Bertz CT molecular complexity index is 931. The molecule has 0 spiro atoms. The standard InChI is InChI=1S/C15H15N7O2S4/c1-9(23)17-12-19-21-14(27-12)25-6-7-26-15-22-20-13(28-15)18-11(24)8-10-4-2-3-5-16-10/h2-5H,6-8H2,1H3,(H,17,19,23)(H,18,20,24). The number of carbonyl (C=O) groups is 2. The first-order valence-electron chi connectivity index (χ1n) is 7.98. The Morgan fingerprint density at radius 1 is 0.964 bits per heavy atom. The molecule has 0 aromatic carbocycles. The second-order valence-electron chi connectivity index (χ2n) is 5.17. The molecule has 2 amide bonds. The molecule has 13 heteroatoms. The van der Waals surface area contributed by atoms with Gasteiger partial charge in [-0.05, 0) is 12.1 Å². The van der Waals surface area contributed by atoms with Crippen molar-refractivity contribution in [3.63, 3.8) is 0 Å². The van der Waals surface area contributed by atoms with Crippen LogP contribution in [0.25, 0.3) is 0 Å². The summed E-state index contributed by atoms with van der Waals surface area (Å²) in [6, 6.07) is 5.45. The second-order valence-corrected chi connectivity index (χ2v) is 9.81.